The van der Waals surface area contributed by atoms with Crippen molar-refractivity contribution in [2.45, 2.75) is 83.8 Å². The SMILES string of the molecule is COCCCOc1cc(CCCCCC[C@@H](C)C(=O)NCCCS(=O)(=O)C(C)(C)C)ccc1OC. The third kappa shape index (κ3) is 12.1. The van der Waals surface area contributed by atoms with E-state index in [0.717, 1.165) is 56.4 Å². The first-order chi connectivity index (χ1) is 16.5. The molecular weight excluding hydrogens is 466 g/mol. The van der Waals surface area contributed by atoms with Crippen LogP contribution in [0.4, 0.5) is 0 Å². The van der Waals surface area contributed by atoms with Crippen molar-refractivity contribution in [2.24, 2.45) is 5.92 Å². The Balaban J connectivity index is 2.24. The van der Waals surface area contributed by atoms with Gasteiger partial charge in [-0.1, -0.05) is 32.3 Å². The van der Waals surface area contributed by atoms with Gasteiger partial charge in [-0.2, -0.15) is 0 Å². The summed E-state index contributed by atoms with van der Waals surface area (Å²) in [6.45, 7) is 8.72. The Hall–Kier alpha value is -1.80. The summed E-state index contributed by atoms with van der Waals surface area (Å²) < 4.78 is 39.8. The number of benzene rings is 1. The number of aryl methyl sites for hydroxylation is 1. The zero-order chi connectivity index (χ0) is 26.3. The van der Waals surface area contributed by atoms with E-state index in [0.29, 0.717) is 26.2 Å². The van der Waals surface area contributed by atoms with Crippen molar-refractivity contribution < 1.29 is 27.4 Å². The van der Waals surface area contributed by atoms with Crippen LogP contribution in [0.1, 0.15) is 78.2 Å². The van der Waals surface area contributed by atoms with Gasteiger partial charge >= 0.3 is 0 Å². The number of carbonyl (C=O) groups is 1. The van der Waals surface area contributed by atoms with Crippen molar-refractivity contribution >= 4 is 15.7 Å². The number of methoxy groups -OCH3 is 2. The van der Waals surface area contributed by atoms with E-state index in [9.17, 15) is 13.2 Å². The Bertz CT molecular complexity index is 848. The fourth-order valence-corrected chi connectivity index (χ4v) is 4.73. The van der Waals surface area contributed by atoms with Crippen LogP contribution in [0.25, 0.3) is 0 Å². The molecule has 0 aliphatic rings. The Morgan fingerprint density at radius 1 is 0.971 bits per heavy atom. The topological polar surface area (TPSA) is 90.9 Å². The quantitative estimate of drug-likeness (QED) is 0.279. The van der Waals surface area contributed by atoms with Crippen molar-refractivity contribution in [1.82, 2.24) is 5.32 Å². The highest BCUT2D eigenvalue weighted by molar-refractivity contribution is 7.92. The third-order valence-corrected chi connectivity index (χ3v) is 8.79. The normalized spacial score (nSPS) is 12.9. The minimum absolute atomic E-state index is 0.00872. The molecule has 35 heavy (non-hydrogen) atoms. The van der Waals surface area contributed by atoms with Gasteiger partial charge in [-0.25, -0.2) is 8.42 Å². The molecule has 0 spiro atoms. The molecule has 1 atom stereocenters. The van der Waals surface area contributed by atoms with Gasteiger partial charge in [0, 0.05) is 32.6 Å². The zero-order valence-corrected chi connectivity index (χ0v) is 23.5. The number of unbranched alkanes of at least 4 members (excludes halogenated alkanes) is 3. The Morgan fingerprint density at radius 3 is 2.34 bits per heavy atom. The van der Waals surface area contributed by atoms with E-state index in [1.54, 1.807) is 35.0 Å². The Labute approximate surface area is 213 Å². The van der Waals surface area contributed by atoms with Gasteiger partial charge in [-0.3, -0.25) is 4.79 Å². The van der Waals surface area contributed by atoms with Crippen LogP contribution < -0.4 is 14.8 Å². The summed E-state index contributed by atoms with van der Waals surface area (Å²) in [5.41, 5.74) is 1.23. The van der Waals surface area contributed by atoms with Crippen LogP contribution in [0, 0.1) is 5.92 Å². The summed E-state index contributed by atoms with van der Waals surface area (Å²) in [7, 11) is 0.191. The maximum atomic E-state index is 12.3. The van der Waals surface area contributed by atoms with Crippen LogP contribution in [0.15, 0.2) is 18.2 Å². The zero-order valence-electron chi connectivity index (χ0n) is 22.7. The third-order valence-electron chi connectivity index (χ3n) is 6.10. The van der Waals surface area contributed by atoms with E-state index < -0.39 is 14.6 Å². The molecule has 7 nitrogen and oxygen atoms in total. The number of hydrogen-bond donors (Lipinski definition) is 1. The van der Waals surface area contributed by atoms with Crippen molar-refractivity contribution in [3.8, 4) is 11.5 Å². The average Bonchev–Trinajstić information content (AvgIpc) is 2.80. The molecule has 1 N–H and O–H groups in total. The number of sulfone groups is 1. The van der Waals surface area contributed by atoms with Crippen LogP contribution in [-0.2, 0) is 25.8 Å². The largest absolute Gasteiger partial charge is 0.493 e. The molecule has 0 aromatic heterocycles. The summed E-state index contributed by atoms with van der Waals surface area (Å²) in [4.78, 5) is 12.3. The second kappa shape index (κ2) is 16.0. The number of nitrogens with one attached hydrogen (secondary N) is 1. The minimum atomic E-state index is -3.14. The smallest absolute Gasteiger partial charge is 0.222 e. The highest BCUT2D eigenvalue weighted by atomic mass is 32.2. The molecular formula is C27H47NO6S. The maximum Gasteiger partial charge on any atom is 0.222 e. The molecule has 202 valence electrons. The van der Waals surface area contributed by atoms with Gasteiger partial charge in [0.2, 0.25) is 5.91 Å². The molecule has 1 aromatic carbocycles. The van der Waals surface area contributed by atoms with Gasteiger partial charge in [0.1, 0.15) is 0 Å². The molecule has 0 saturated heterocycles. The van der Waals surface area contributed by atoms with E-state index in [1.165, 1.54) is 5.56 Å². The number of ether oxygens (including phenoxy) is 3. The lowest BCUT2D eigenvalue weighted by Crippen LogP contribution is -2.34. The van der Waals surface area contributed by atoms with E-state index in [4.69, 9.17) is 14.2 Å². The molecule has 0 unspecified atom stereocenters. The van der Waals surface area contributed by atoms with Gasteiger partial charge in [0.15, 0.2) is 21.3 Å². The molecule has 1 aromatic rings. The molecule has 0 fully saturated rings. The van der Waals surface area contributed by atoms with Crippen molar-refractivity contribution in [3.63, 3.8) is 0 Å². The van der Waals surface area contributed by atoms with Gasteiger partial charge in [0.25, 0.3) is 0 Å². The van der Waals surface area contributed by atoms with Crippen LogP contribution in [-0.4, -0.2) is 58.8 Å². The van der Waals surface area contributed by atoms with Crippen LogP contribution in [0.5, 0.6) is 11.5 Å². The minimum Gasteiger partial charge on any atom is -0.493 e. The summed E-state index contributed by atoms with van der Waals surface area (Å²) in [6, 6.07) is 6.10. The number of amides is 1. The first kappa shape index (κ1) is 31.2. The Kier molecular flexibility index (Phi) is 14.3. The molecule has 0 radical (unpaired) electrons. The van der Waals surface area contributed by atoms with E-state index in [2.05, 4.69) is 17.4 Å². The highest BCUT2D eigenvalue weighted by Crippen LogP contribution is 2.29. The van der Waals surface area contributed by atoms with Gasteiger partial charge in [-0.15, -0.1) is 0 Å². The molecule has 1 rings (SSSR count). The van der Waals surface area contributed by atoms with Gasteiger partial charge in [-0.05, 0) is 64.2 Å². The molecule has 0 bridgehead atoms. The fourth-order valence-electron chi connectivity index (χ4n) is 3.59. The van der Waals surface area contributed by atoms with Crippen molar-refractivity contribution in [3.05, 3.63) is 23.8 Å². The fraction of sp³-hybridized carbons (Fsp3) is 0.741. The first-order valence-electron chi connectivity index (χ1n) is 12.8. The van der Waals surface area contributed by atoms with E-state index >= 15 is 0 Å². The monoisotopic (exact) mass is 513 g/mol. The van der Waals surface area contributed by atoms with Crippen LogP contribution in [0.2, 0.25) is 0 Å². The molecule has 1 amide bonds. The van der Waals surface area contributed by atoms with E-state index in [-0.39, 0.29) is 17.6 Å². The second-order valence-corrected chi connectivity index (χ2v) is 13.0. The summed E-state index contributed by atoms with van der Waals surface area (Å²) >= 11 is 0. The molecule has 0 aliphatic carbocycles. The van der Waals surface area contributed by atoms with Crippen LogP contribution in [0.3, 0.4) is 0 Å². The van der Waals surface area contributed by atoms with E-state index in [1.807, 2.05) is 13.0 Å². The lowest BCUT2D eigenvalue weighted by Gasteiger charge is -2.19. The number of hydrogen-bond acceptors (Lipinski definition) is 6. The van der Waals surface area contributed by atoms with Crippen LogP contribution >= 0.6 is 0 Å². The average molecular weight is 514 g/mol. The number of carbonyl (C=O) groups excluding carboxylic acids is 1. The first-order valence-corrected chi connectivity index (χ1v) is 14.5. The molecule has 0 aliphatic heterocycles. The maximum absolute atomic E-state index is 12.3. The second-order valence-electron chi connectivity index (χ2n) is 10.1. The standard InChI is InChI=1S/C27H47NO6S/c1-22(26(29)28-17-11-20-35(30,31)27(2,3)4)13-9-7-8-10-14-23-15-16-24(33-6)25(21-23)34-19-12-18-32-5/h15-16,21-22H,7-14,17-20H2,1-6H3,(H,28,29)/t22-/m1/s1. The summed E-state index contributed by atoms with van der Waals surface area (Å²) in [5, 5.41) is 2.88. The molecule has 8 heteroatoms. The lowest BCUT2D eigenvalue weighted by atomic mass is 10.00. The number of rotatable bonds is 18. The summed E-state index contributed by atoms with van der Waals surface area (Å²) in [5.74, 6) is 1.56. The molecule has 0 heterocycles. The van der Waals surface area contributed by atoms with Crippen molar-refractivity contribution in [2.75, 3.05) is 39.7 Å². The highest BCUT2D eigenvalue weighted by Gasteiger charge is 2.28. The van der Waals surface area contributed by atoms with Gasteiger partial charge in [0.05, 0.1) is 24.2 Å². The van der Waals surface area contributed by atoms with Crippen molar-refractivity contribution in [1.29, 1.82) is 0 Å². The predicted molar refractivity (Wildman–Crippen MR) is 142 cm³/mol. The van der Waals surface area contributed by atoms with Gasteiger partial charge < -0.3 is 19.5 Å². The predicted octanol–water partition coefficient (Wildman–Crippen LogP) is 4.96. The summed E-state index contributed by atoms with van der Waals surface area (Å²) in [6.07, 6.45) is 7.37. The Morgan fingerprint density at radius 2 is 1.69 bits per heavy atom. The lowest BCUT2D eigenvalue weighted by molar-refractivity contribution is -0.124. The molecule has 0 saturated carbocycles.